The van der Waals surface area contributed by atoms with Crippen LogP contribution >= 0.6 is 15.9 Å². The van der Waals surface area contributed by atoms with Crippen LogP contribution in [-0.2, 0) is 9.59 Å². The summed E-state index contributed by atoms with van der Waals surface area (Å²) in [5.41, 5.74) is 8.23. The average Bonchev–Trinajstić information content (AvgIpc) is 2.68. The first kappa shape index (κ1) is 13.4. The zero-order chi connectivity index (χ0) is 14.4. The quantitative estimate of drug-likeness (QED) is 0.789. The molecule has 2 aliphatic rings. The van der Waals surface area contributed by atoms with Crippen molar-refractivity contribution in [2.75, 3.05) is 36.9 Å². The summed E-state index contributed by atoms with van der Waals surface area (Å²) in [6, 6.07) is 3.11. The highest BCUT2D eigenvalue weighted by molar-refractivity contribution is 9.10. The number of carbonyl (C=O) groups excluding carboxylic acids is 2. The number of nitrogens with one attached hydrogen (secondary N) is 1. The van der Waals surface area contributed by atoms with Gasteiger partial charge in [0.25, 0.3) is 0 Å². The third kappa shape index (κ3) is 2.06. The Morgan fingerprint density at radius 3 is 2.80 bits per heavy atom. The van der Waals surface area contributed by atoms with Crippen molar-refractivity contribution in [2.24, 2.45) is 5.73 Å². The zero-order valence-electron chi connectivity index (χ0n) is 11.0. The van der Waals surface area contributed by atoms with Gasteiger partial charge in [0, 0.05) is 35.9 Å². The van der Waals surface area contributed by atoms with Crippen LogP contribution in [0.1, 0.15) is 11.6 Å². The molecule has 2 heterocycles. The molecule has 1 fully saturated rings. The SMILES string of the molecule is CN1CCN(c2cc3c(cc2Br)C(N)C(=O)N3)CC1=O. The molecule has 0 radical (unpaired) electrons. The van der Waals surface area contributed by atoms with Crippen LogP contribution in [0.25, 0.3) is 0 Å². The van der Waals surface area contributed by atoms with Crippen molar-refractivity contribution in [1.29, 1.82) is 0 Å². The predicted molar refractivity (Wildman–Crippen MR) is 79.6 cm³/mol. The number of likely N-dealkylation sites (N-methyl/N-ethyl adjacent to an activating group) is 1. The van der Waals surface area contributed by atoms with Crippen molar-refractivity contribution >= 4 is 39.1 Å². The average molecular weight is 339 g/mol. The largest absolute Gasteiger partial charge is 0.359 e. The fraction of sp³-hybridized carbons (Fsp3) is 0.385. The van der Waals surface area contributed by atoms with Crippen molar-refractivity contribution < 1.29 is 9.59 Å². The third-order valence-electron chi connectivity index (χ3n) is 3.79. The summed E-state index contributed by atoms with van der Waals surface area (Å²) in [6.45, 7) is 1.79. The number of anilines is 2. The Balaban J connectivity index is 1.94. The van der Waals surface area contributed by atoms with Gasteiger partial charge in [-0.2, -0.15) is 0 Å². The number of piperazine rings is 1. The minimum atomic E-state index is -0.621. The van der Waals surface area contributed by atoms with E-state index in [2.05, 4.69) is 21.2 Å². The molecule has 0 spiro atoms. The van der Waals surface area contributed by atoms with Crippen molar-refractivity contribution in [1.82, 2.24) is 4.90 Å². The second-order valence-corrected chi connectivity index (χ2v) is 5.95. The fourth-order valence-corrected chi connectivity index (χ4v) is 3.11. The normalized spacial score (nSPS) is 22.1. The van der Waals surface area contributed by atoms with Gasteiger partial charge in [-0.25, -0.2) is 0 Å². The minimum Gasteiger partial charge on any atom is -0.359 e. The molecule has 3 rings (SSSR count). The van der Waals surface area contributed by atoms with E-state index in [1.165, 1.54) is 0 Å². The van der Waals surface area contributed by atoms with Crippen LogP contribution in [-0.4, -0.2) is 43.4 Å². The predicted octanol–water partition coefficient (Wildman–Crippen LogP) is 0.679. The Morgan fingerprint density at radius 1 is 1.35 bits per heavy atom. The van der Waals surface area contributed by atoms with Gasteiger partial charge in [0.15, 0.2) is 0 Å². The van der Waals surface area contributed by atoms with E-state index in [0.717, 1.165) is 28.0 Å². The van der Waals surface area contributed by atoms with Gasteiger partial charge in [-0.3, -0.25) is 9.59 Å². The number of benzene rings is 1. The molecule has 2 amide bonds. The number of hydrogen-bond acceptors (Lipinski definition) is 4. The molecule has 3 N–H and O–H groups in total. The minimum absolute atomic E-state index is 0.0874. The number of halogens is 1. The van der Waals surface area contributed by atoms with E-state index in [9.17, 15) is 9.59 Å². The standard InChI is InChI=1S/C13H15BrN4O2/c1-17-2-3-18(6-11(17)19)10-5-9-7(4-8(10)14)12(15)13(20)16-9/h4-5,12H,2-3,6,15H2,1H3,(H,16,20). The van der Waals surface area contributed by atoms with Crippen molar-refractivity contribution in [3.05, 3.63) is 22.2 Å². The van der Waals surface area contributed by atoms with Gasteiger partial charge in [-0.05, 0) is 28.1 Å². The van der Waals surface area contributed by atoms with Crippen LogP contribution in [0.15, 0.2) is 16.6 Å². The van der Waals surface area contributed by atoms with Gasteiger partial charge in [-0.15, -0.1) is 0 Å². The van der Waals surface area contributed by atoms with Gasteiger partial charge in [0.05, 0.1) is 12.2 Å². The lowest BCUT2D eigenvalue weighted by molar-refractivity contribution is -0.129. The molecule has 1 saturated heterocycles. The lowest BCUT2D eigenvalue weighted by Gasteiger charge is -2.34. The molecular formula is C13H15BrN4O2. The van der Waals surface area contributed by atoms with E-state index in [1.54, 1.807) is 11.9 Å². The van der Waals surface area contributed by atoms with Crippen molar-refractivity contribution in [3.63, 3.8) is 0 Å². The van der Waals surface area contributed by atoms with E-state index in [4.69, 9.17) is 5.73 Å². The number of hydrogen-bond donors (Lipinski definition) is 2. The van der Waals surface area contributed by atoms with Gasteiger partial charge >= 0.3 is 0 Å². The zero-order valence-corrected chi connectivity index (χ0v) is 12.6. The number of amides is 2. The molecule has 1 atom stereocenters. The molecule has 0 aliphatic carbocycles. The van der Waals surface area contributed by atoms with Crippen LogP contribution < -0.4 is 16.0 Å². The number of nitrogens with two attached hydrogens (primary N) is 1. The second kappa shape index (κ2) is 4.75. The molecule has 0 aromatic heterocycles. The summed E-state index contributed by atoms with van der Waals surface area (Å²) in [5.74, 6) is -0.108. The molecule has 2 aliphatic heterocycles. The summed E-state index contributed by atoms with van der Waals surface area (Å²) in [6.07, 6.45) is 0. The van der Waals surface area contributed by atoms with Crippen LogP contribution in [0.4, 0.5) is 11.4 Å². The maximum atomic E-state index is 11.8. The van der Waals surface area contributed by atoms with Crippen molar-refractivity contribution in [2.45, 2.75) is 6.04 Å². The van der Waals surface area contributed by atoms with Gasteiger partial charge in [-0.1, -0.05) is 0 Å². The van der Waals surface area contributed by atoms with Crippen molar-refractivity contribution in [3.8, 4) is 0 Å². The third-order valence-corrected chi connectivity index (χ3v) is 4.43. The lowest BCUT2D eigenvalue weighted by Crippen LogP contribution is -2.48. The van der Waals surface area contributed by atoms with Crippen LogP contribution in [0.5, 0.6) is 0 Å². The molecular weight excluding hydrogens is 324 g/mol. The van der Waals surface area contributed by atoms with Gasteiger partial charge in [0.2, 0.25) is 11.8 Å². The lowest BCUT2D eigenvalue weighted by atomic mass is 10.1. The molecule has 6 nitrogen and oxygen atoms in total. The first-order valence-corrected chi connectivity index (χ1v) is 7.15. The maximum absolute atomic E-state index is 11.8. The van der Waals surface area contributed by atoms with Crippen LogP contribution in [0, 0.1) is 0 Å². The Morgan fingerprint density at radius 2 is 2.10 bits per heavy atom. The molecule has 0 bridgehead atoms. The molecule has 106 valence electrons. The molecule has 0 saturated carbocycles. The number of carbonyl (C=O) groups is 2. The monoisotopic (exact) mass is 338 g/mol. The highest BCUT2D eigenvalue weighted by Gasteiger charge is 2.30. The first-order valence-electron chi connectivity index (χ1n) is 6.36. The number of rotatable bonds is 1. The van der Waals surface area contributed by atoms with Crippen LogP contribution in [0.2, 0.25) is 0 Å². The molecule has 20 heavy (non-hydrogen) atoms. The van der Waals surface area contributed by atoms with Crippen LogP contribution in [0.3, 0.4) is 0 Å². The van der Waals surface area contributed by atoms with E-state index in [-0.39, 0.29) is 11.8 Å². The summed E-state index contributed by atoms with van der Waals surface area (Å²) in [5, 5.41) is 2.77. The highest BCUT2D eigenvalue weighted by atomic mass is 79.9. The van der Waals surface area contributed by atoms with Gasteiger partial charge < -0.3 is 20.9 Å². The number of fused-ring (bicyclic) bond motifs is 1. The molecule has 1 aromatic rings. The van der Waals surface area contributed by atoms with E-state index < -0.39 is 6.04 Å². The summed E-state index contributed by atoms with van der Waals surface area (Å²) < 4.78 is 0.848. The maximum Gasteiger partial charge on any atom is 0.245 e. The highest BCUT2D eigenvalue weighted by Crippen LogP contribution is 2.38. The van der Waals surface area contributed by atoms with E-state index in [0.29, 0.717) is 13.1 Å². The summed E-state index contributed by atoms with van der Waals surface area (Å²) in [4.78, 5) is 27.1. The van der Waals surface area contributed by atoms with E-state index in [1.807, 2.05) is 17.0 Å². The summed E-state index contributed by atoms with van der Waals surface area (Å²) in [7, 11) is 1.80. The van der Waals surface area contributed by atoms with Gasteiger partial charge in [0.1, 0.15) is 6.04 Å². The Labute approximate surface area is 125 Å². The summed E-state index contributed by atoms with van der Waals surface area (Å²) >= 11 is 3.51. The number of nitrogens with zero attached hydrogens (tertiary/aromatic N) is 2. The molecule has 1 unspecified atom stereocenters. The molecule has 1 aromatic carbocycles. The Bertz CT molecular complexity index is 604. The molecule has 7 heteroatoms. The first-order chi connectivity index (χ1) is 9.47. The topological polar surface area (TPSA) is 78.7 Å². The Kier molecular flexibility index (Phi) is 3.18. The smallest absolute Gasteiger partial charge is 0.245 e. The fourth-order valence-electron chi connectivity index (χ4n) is 2.50. The Hall–Kier alpha value is -1.60. The van der Waals surface area contributed by atoms with E-state index >= 15 is 0 Å². The second-order valence-electron chi connectivity index (χ2n) is 5.09.